The molecule has 0 spiro atoms. The van der Waals surface area contributed by atoms with E-state index in [1.54, 1.807) is 33.9 Å². The minimum Gasteiger partial charge on any atom is -0.390 e. The highest BCUT2D eigenvalue weighted by molar-refractivity contribution is 7.90. The lowest BCUT2D eigenvalue weighted by Crippen LogP contribution is -2.53. The third kappa shape index (κ3) is 12.6. The van der Waals surface area contributed by atoms with Crippen LogP contribution in [0.15, 0.2) is 54.2 Å². The van der Waals surface area contributed by atoms with Gasteiger partial charge in [-0.3, -0.25) is 23.7 Å². The standard InChI is InChI=1S/C26H37F2NO4S.C25H38N2O2.C24H34F2N2O2/c1-25-10-7-19-18-8-11-26(31,24(27)28)13-16(18)3-4-20(19)21(25)5-6-22(25)23(30)15-29-12-9-17(14-29)34(2,32)33;1-16-13-26-27(14-16)15-23(28)22-7-6-21-20-5-4-17-12-24(2,29)10-8-18(17)19(20)9-11-25(21,22)3;1-23-9-7-17-16-8-10-24(30,22(25)26)13-15(16)3-4-18(17)19(23)5-6-20(23)21(29)14-28-12-2-11-27-28/h9,12,14,16,18-22,24,31H,3-8,10-11,13,15H2,1-2H3;13-14,17-22,29H,4-12,15H2,1-3H3;2,11-12,15-20,22,30H,3-10,13-14H2,1H3/t16-,18+,19-,20-,21+,22-,25+,26-;17-,18+,19-,20-,21+,22-,24-,25+;15-,16+,17-,18-,19+,20-,23+,24-/m111/s1. The van der Waals surface area contributed by atoms with Crippen LogP contribution < -0.4 is 0 Å². The largest absolute Gasteiger partial charge is 0.390 e. The maximum absolute atomic E-state index is 13.4. The molecule has 3 aromatic heterocycles. The summed E-state index contributed by atoms with van der Waals surface area (Å²) >= 11 is 0. The van der Waals surface area contributed by atoms with E-state index < -0.39 is 39.5 Å². The zero-order valence-electron chi connectivity index (χ0n) is 56.4. The van der Waals surface area contributed by atoms with Gasteiger partial charge in [-0.25, -0.2) is 26.0 Å². The summed E-state index contributed by atoms with van der Waals surface area (Å²) in [6.07, 6.45) is 31.6. The number of hydrogen-bond donors (Lipinski definition) is 3. The van der Waals surface area contributed by atoms with Crippen LogP contribution in [0, 0.1) is 130 Å². The van der Waals surface area contributed by atoms with Gasteiger partial charge in [0.1, 0.15) is 11.2 Å². The second kappa shape index (κ2) is 25.5. The molecule has 18 heteroatoms. The molecule has 3 heterocycles. The monoisotopic (exact) mass is 1320 g/mol. The highest BCUT2D eigenvalue weighted by Gasteiger charge is 2.63. The predicted octanol–water partition coefficient (Wildman–Crippen LogP) is 14.2. The number of rotatable bonds is 12. The Morgan fingerprint density at radius 1 is 0.505 bits per heavy atom. The van der Waals surface area contributed by atoms with Gasteiger partial charge in [0.2, 0.25) is 0 Å². The van der Waals surface area contributed by atoms with Crippen LogP contribution in [0.1, 0.15) is 207 Å². The normalized spacial score (nSPS) is 44.7. The minimum absolute atomic E-state index is 0.0180. The minimum atomic E-state index is -3.29. The number of hydrogen-bond acceptors (Lipinski definition) is 10. The summed E-state index contributed by atoms with van der Waals surface area (Å²) < 4.78 is 82.5. The zero-order valence-corrected chi connectivity index (χ0v) is 57.2. The lowest BCUT2D eigenvalue weighted by molar-refractivity contribution is -0.160. The molecule has 0 radical (unpaired) electrons. The van der Waals surface area contributed by atoms with Crippen molar-refractivity contribution >= 4 is 27.2 Å². The molecule has 0 aromatic carbocycles. The summed E-state index contributed by atoms with van der Waals surface area (Å²) in [7, 11) is -3.29. The highest BCUT2D eigenvalue weighted by Crippen LogP contribution is 2.68. The van der Waals surface area contributed by atoms with Crippen LogP contribution in [0.5, 0.6) is 0 Å². The Bertz CT molecular complexity index is 3300. The number of carbonyl (C=O) groups is 3. The number of nitrogens with zero attached hydrogens (tertiary/aromatic N) is 5. The van der Waals surface area contributed by atoms with E-state index in [1.807, 2.05) is 43.2 Å². The molecule has 12 aliphatic carbocycles. The van der Waals surface area contributed by atoms with Crippen molar-refractivity contribution in [3.05, 3.63) is 54.9 Å². The zero-order chi connectivity index (χ0) is 66.0. The van der Waals surface area contributed by atoms with Gasteiger partial charge in [0, 0.05) is 55.0 Å². The van der Waals surface area contributed by atoms with Gasteiger partial charge in [0.25, 0.3) is 12.9 Å². The van der Waals surface area contributed by atoms with Crippen LogP contribution >= 0.6 is 0 Å². The molecule has 0 amide bonds. The van der Waals surface area contributed by atoms with Crippen molar-refractivity contribution in [3.8, 4) is 0 Å². The summed E-state index contributed by atoms with van der Waals surface area (Å²) in [4.78, 5) is 40.0. The first kappa shape index (κ1) is 67.8. The second-order valence-corrected chi connectivity index (χ2v) is 36.5. The van der Waals surface area contributed by atoms with Gasteiger partial charge < -0.3 is 19.9 Å². The molecule has 93 heavy (non-hydrogen) atoms. The molecule has 12 aliphatic rings. The first-order chi connectivity index (χ1) is 44.0. The van der Waals surface area contributed by atoms with E-state index in [4.69, 9.17) is 0 Å². The maximum Gasteiger partial charge on any atom is 0.266 e. The Morgan fingerprint density at radius 2 is 0.925 bits per heavy atom. The van der Waals surface area contributed by atoms with Crippen molar-refractivity contribution in [2.45, 2.75) is 262 Å². The van der Waals surface area contributed by atoms with Crippen molar-refractivity contribution in [1.29, 1.82) is 0 Å². The number of halogens is 4. The molecule has 3 N–H and O–H groups in total. The van der Waals surface area contributed by atoms with Gasteiger partial charge in [-0.05, 0) is 310 Å². The average Bonchev–Trinajstić information content (AvgIpc) is 1.70. The van der Waals surface area contributed by atoms with Crippen molar-refractivity contribution in [1.82, 2.24) is 24.1 Å². The number of Topliss-reactive ketones (excluding diaryl/α,β-unsaturated/α-hetero) is 3. The van der Waals surface area contributed by atoms with E-state index in [0.717, 1.165) is 138 Å². The fraction of sp³-hybridized carbons (Fsp3) is 0.827. The van der Waals surface area contributed by atoms with Crippen LogP contribution in [0.4, 0.5) is 17.6 Å². The van der Waals surface area contributed by atoms with Crippen molar-refractivity contribution < 1.29 is 55.7 Å². The Balaban J connectivity index is 0.000000127. The number of sulfone groups is 1. The molecule has 0 bridgehead atoms. The number of aliphatic hydroxyl groups is 3. The van der Waals surface area contributed by atoms with E-state index >= 15 is 0 Å². The van der Waals surface area contributed by atoms with Crippen molar-refractivity contribution in [3.63, 3.8) is 0 Å². The second-order valence-electron chi connectivity index (χ2n) is 34.5. The molecular formula is C75H109F4N5O8S. The van der Waals surface area contributed by atoms with Gasteiger partial charge in [-0.1, -0.05) is 20.8 Å². The van der Waals surface area contributed by atoms with E-state index in [9.17, 15) is 55.7 Å². The Kier molecular flexibility index (Phi) is 18.6. The SMILES string of the molecule is C[C@]12CC[C@H]3[C@@H](CC[C@@H]4C[C@@](O)(C(F)F)CC[C@@H]43)[C@@H]1CC[C@@H]2C(=O)Cn1ccc(S(C)(=O)=O)c1.C[C@]12CC[C@H]3[C@@H](CC[C@@H]4C[C@@](O)(C(F)F)CC[C@@H]43)[C@@H]1CC[C@@H]2C(=O)Cn1cccn1.Cc1cnn(CC(=O)[C@H]2CC[C@H]3[C@@H]4CC[C@@H]5C[C@](C)(O)CC[C@@H]5[C@H]4CC[C@]23C)c1. The molecule has 0 unspecified atom stereocenters. The van der Waals surface area contributed by atoms with Gasteiger partial charge in [-0.15, -0.1) is 0 Å². The summed E-state index contributed by atoms with van der Waals surface area (Å²) in [6.45, 7) is 12.1. The third-order valence-electron chi connectivity index (χ3n) is 29.8. The lowest BCUT2D eigenvalue weighted by Gasteiger charge is -2.57. The number of aryl methyl sites for hydroxylation is 1. The average molecular weight is 1320 g/mol. The summed E-state index contributed by atoms with van der Waals surface area (Å²) in [6, 6.07) is 3.40. The fourth-order valence-electron chi connectivity index (χ4n) is 25.4. The number of aromatic nitrogens is 5. The number of fused-ring (bicyclic) bond motifs is 15. The Hall–Kier alpha value is -3.74. The third-order valence-corrected chi connectivity index (χ3v) is 30.9. The van der Waals surface area contributed by atoms with Crippen LogP contribution in [0.3, 0.4) is 0 Å². The number of carbonyl (C=O) groups excluding carboxylic acids is 3. The molecule has 3 aromatic rings. The summed E-state index contributed by atoms with van der Waals surface area (Å²) in [5.41, 5.74) is -2.68. The molecule has 12 fully saturated rings. The van der Waals surface area contributed by atoms with Crippen molar-refractivity contribution in [2.75, 3.05) is 6.26 Å². The highest BCUT2D eigenvalue weighted by atomic mass is 32.2. The van der Waals surface area contributed by atoms with E-state index in [0.29, 0.717) is 78.4 Å². The number of alkyl halides is 4. The molecule has 0 aliphatic heterocycles. The van der Waals surface area contributed by atoms with Crippen LogP contribution in [-0.2, 0) is 43.9 Å². The van der Waals surface area contributed by atoms with Crippen LogP contribution in [-0.4, -0.2) is 101 Å². The van der Waals surface area contributed by atoms with Gasteiger partial charge in [0.05, 0.1) is 36.3 Å². The van der Waals surface area contributed by atoms with Gasteiger partial charge >= 0.3 is 0 Å². The fourth-order valence-corrected chi connectivity index (χ4v) is 26.0. The smallest absolute Gasteiger partial charge is 0.266 e. The lowest BCUT2D eigenvalue weighted by atomic mass is 9.49. The van der Waals surface area contributed by atoms with Crippen LogP contribution in [0.25, 0.3) is 0 Å². The van der Waals surface area contributed by atoms with Crippen LogP contribution in [0.2, 0.25) is 0 Å². The maximum atomic E-state index is 13.4. The molecule has 13 nitrogen and oxygen atoms in total. The molecule has 516 valence electrons. The Morgan fingerprint density at radius 3 is 1.32 bits per heavy atom. The van der Waals surface area contributed by atoms with Gasteiger partial charge in [0.15, 0.2) is 27.2 Å². The summed E-state index contributed by atoms with van der Waals surface area (Å²) in [5, 5.41) is 39.9. The molecule has 12 saturated carbocycles. The van der Waals surface area contributed by atoms with E-state index in [1.165, 1.54) is 44.8 Å². The van der Waals surface area contributed by atoms with E-state index in [-0.39, 0.29) is 88.7 Å². The summed E-state index contributed by atoms with van der Waals surface area (Å²) in [5.74, 6) is 9.77. The van der Waals surface area contributed by atoms with Crippen molar-refractivity contribution in [2.24, 2.45) is 123 Å². The van der Waals surface area contributed by atoms with E-state index in [2.05, 4.69) is 31.0 Å². The predicted molar refractivity (Wildman–Crippen MR) is 346 cm³/mol. The topological polar surface area (TPSA) is 187 Å². The number of ketones is 3. The Labute approximate surface area is 550 Å². The van der Waals surface area contributed by atoms with Gasteiger partial charge in [-0.2, -0.15) is 10.2 Å². The molecular weight excluding hydrogens is 1210 g/mol. The first-order valence-corrected chi connectivity index (χ1v) is 38.5. The molecule has 0 saturated heterocycles. The first-order valence-electron chi connectivity index (χ1n) is 36.6. The molecule has 15 rings (SSSR count). The quantitative estimate of drug-likeness (QED) is 0.147. The molecule has 24 atom stereocenters.